The highest BCUT2D eigenvalue weighted by atomic mass is 79.9. The maximum atomic E-state index is 12.1. The first-order chi connectivity index (χ1) is 8.70. The average molecular weight is 310 g/mol. The minimum absolute atomic E-state index is 0.0514. The van der Waals surface area contributed by atoms with Crippen molar-refractivity contribution in [2.24, 2.45) is 5.92 Å². The first-order valence-corrected chi connectivity index (χ1v) is 7.78. The van der Waals surface area contributed by atoms with Gasteiger partial charge in [0.15, 0.2) is 0 Å². The summed E-state index contributed by atoms with van der Waals surface area (Å²) in [4.78, 5) is 12.1. The Morgan fingerprint density at radius 2 is 1.94 bits per heavy atom. The molecular weight excluding hydrogens is 290 g/mol. The molecule has 1 N–H and O–H groups in total. The topological polar surface area (TPSA) is 29.1 Å². The van der Waals surface area contributed by atoms with E-state index in [1.807, 2.05) is 24.3 Å². The van der Waals surface area contributed by atoms with E-state index in [1.54, 1.807) is 0 Å². The number of carbonyl (C=O) groups is 1. The summed E-state index contributed by atoms with van der Waals surface area (Å²) >= 11 is 3.40. The normalized spacial score (nSPS) is 17.7. The molecule has 1 unspecified atom stereocenters. The van der Waals surface area contributed by atoms with Crippen LogP contribution in [0.3, 0.4) is 0 Å². The van der Waals surface area contributed by atoms with E-state index in [9.17, 15) is 4.79 Å². The predicted octanol–water partition coefficient (Wildman–Crippen LogP) is 3.89. The summed E-state index contributed by atoms with van der Waals surface area (Å²) in [6, 6.07) is 8.06. The van der Waals surface area contributed by atoms with Gasteiger partial charge in [0.25, 0.3) is 5.91 Å². The molecule has 0 radical (unpaired) electrons. The summed E-state index contributed by atoms with van der Waals surface area (Å²) in [5.74, 6) is 0.714. The van der Waals surface area contributed by atoms with Crippen LogP contribution in [0.1, 0.15) is 48.5 Å². The van der Waals surface area contributed by atoms with Gasteiger partial charge in [-0.2, -0.15) is 0 Å². The minimum atomic E-state index is 0.0514. The summed E-state index contributed by atoms with van der Waals surface area (Å²) in [6.45, 7) is 2.13. The number of nitrogens with one attached hydrogen (secondary N) is 1. The molecule has 1 fully saturated rings. The van der Waals surface area contributed by atoms with Crippen molar-refractivity contribution in [3.63, 3.8) is 0 Å². The zero-order chi connectivity index (χ0) is 13.0. The number of hydrogen-bond acceptors (Lipinski definition) is 1. The van der Waals surface area contributed by atoms with Crippen molar-refractivity contribution in [2.45, 2.75) is 44.0 Å². The second-order valence-electron chi connectivity index (χ2n) is 5.14. The molecule has 1 atom stereocenters. The van der Waals surface area contributed by atoms with Crippen LogP contribution in [-0.4, -0.2) is 11.9 Å². The van der Waals surface area contributed by atoms with E-state index in [0.29, 0.717) is 5.92 Å². The zero-order valence-electron chi connectivity index (χ0n) is 10.8. The summed E-state index contributed by atoms with van der Waals surface area (Å²) in [6.07, 6.45) is 5.13. The summed E-state index contributed by atoms with van der Waals surface area (Å²) in [7, 11) is 0. The molecule has 0 spiro atoms. The highest BCUT2D eigenvalue weighted by molar-refractivity contribution is 9.08. The lowest BCUT2D eigenvalue weighted by atomic mass is 9.99. The van der Waals surface area contributed by atoms with Gasteiger partial charge in [0, 0.05) is 16.9 Å². The average Bonchev–Trinajstić information content (AvgIpc) is 2.92. The Morgan fingerprint density at radius 1 is 1.33 bits per heavy atom. The Kier molecular flexibility index (Phi) is 4.81. The summed E-state index contributed by atoms with van der Waals surface area (Å²) < 4.78 is 0. The number of rotatable bonds is 4. The van der Waals surface area contributed by atoms with E-state index in [1.165, 1.54) is 31.2 Å². The molecule has 1 aromatic rings. The minimum Gasteiger partial charge on any atom is -0.349 e. The summed E-state index contributed by atoms with van der Waals surface area (Å²) in [5.41, 5.74) is 1.94. The van der Waals surface area contributed by atoms with Gasteiger partial charge in [0.05, 0.1) is 0 Å². The Bertz CT molecular complexity index is 395. The molecular formula is C15H20BrNO. The van der Waals surface area contributed by atoms with Crippen molar-refractivity contribution in [2.75, 3.05) is 0 Å². The molecule has 0 bridgehead atoms. The Labute approximate surface area is 117 Å². The van der Waals surface area contributed by atoms with Crippen molar-refractivity contribution in [3.8, 4) is 0 Å². The lowest BCUT2D eigenvalue weighted by molar-refractivity contribution is 0.0927. The molecule has 1 aliphatic carbocycles. The first-order valence-electron chi connectivity index (χ1n) is 6.66. The molecule has 0 aromatic heterocycles. The van der Waals surface area contributed by atoms with Gasteiger partial charge in [-0.15, -0.1) is 0 Å². The van der Waals surface area contributed by atoms with E-state index in [2.05, 4.69) is 28.2 Å². The standard InChI is InChI=1S/C15H20BrNO/c1-11(13-4-2-3-5-13)17-15(18)14-8-6-12(10-16)7-9-14/h6-9,11,13H,2-5,10H2,1H3,(H,17,18). The number of halogens is 1. The molecule has 1 saturated carbocycles. The maximum absolute atomic E-state index is 12.1. The van der Waals surface area contributed by atoms with Crippen LogP contribution in [-0.2, 0) is 5.33 Å². The molecule has 0 heterocycles. The van der Waals surface area contributed by atoms with Gasteiger partial charge in [-0.05, 0) is 43.4 Å². The Morgan fingerprint density at radius 3 is 2.50 bits per heavy atom. The van der Waals surface area contributed by atoms with E-state index in [0.717, 1.165) is 10.9 Å². The van der Waals surface area contributed by atoms with Crippen LogP contribution in [0.2, 0.25) is 0 Å². The van der Waals surface area contributed by atoms with Crippen LogP contribution in [0.5, 0.6) is 0 Å². The lowest BCUT2D eigenvalue weighted by Crippen LogP contribution is -2.37. The highest BCUT2D eigenvalue weighted by Gasteiger charge is 2.22. The van der Waals surface area contributed by atoms with Gasteiger partial charge >= 0.3 is 0 Å². The monoisotopic (exact) mass is 309 g/mol. The fourth-order valence-corrected chi connectivity index (χ4v) is 2.98. The highest BCUT2D eigenvalue weighted by Crippen LogP contribution is 2.27. The van der Waals surface area contributed by atoms with Gasteiger partial charge in [-0.3, -0.25) is 4.79 Å². The molecule has 2 nitrogen and oxygen atoms in total. The third kappa shape index (κ3) is 3.35. The molecule has 1 aromatic carbocycles. The first kappa shape index (κ1) is 13.6. The van der Waals surface area contributed by atoms with E-state index in [4.69, 9.17) is 0 Å². The van der Waals surface area contributed by atoms with Crippen LogP contribution >= 0.6 is 15.9 Å². The number of amides is 1. The van der Waals surface area contributed by atoms with E-state index in [-0.39, 0.29) is 11.9 Å². The second-order valence-corrected chi connectivity index (χ2v) is 5.70. The van der Waals surface area contributed by atoms with E-state index >= 15 is 0 Å². The van der Waals surface area contributed by atoms with Crippen molar-refractivity contribution >= 4 is 21.8 Å². The molecule has 1 amide bonds. The fourth-order valence-electron chi connectivity index (χ4n) is 2.61. The Hall–Kier alpha value is -0.830. The quantitative estimate of drug-likeness (QED) is 0.840. The number of alkyl halides is 1. The van der Waals surface area contributed by atoms with Crippen molar-refractivity contribution in [1.29, 1.82) is 0 Å². The third-order valence-electron chi connectivity index (χ3n) is 3.84. The van der Waals surface area contributed by atoms with Crippen molar-refractivity contribution < 1.29 is 4.79 Å². The lowest BCUT2D eigenvalue weighted by Gasteiger charge is -2.20. The smallest absolute Gasteiger partial charge is 0.251 e. The SMILES string of the molecule is CC(NC(=O)c1ccc(CBr)cc1)C1CCCC1. The Balaban J connectivity index is 1.93. The largest absolute Gasteiger partial charge is 0.349 e. The molecule has 18 heavy (non-hydrogen) atoms. The van der Waals surface area contributed by atoms with Gasteiger partial charge < -0.3 is 5.32 Å². The number of hydrogen-bond donors (Lipinski definition) is 1. The molecule has 98 valence electrons. The number of carbonyl (C=O) groups excluding carboxylic acids is 1. The number of benzene rings is 1. The molecule has 0 aliphatic heterocycles. The maximum Gasteiger partial charge on any atom is 0.251 e. The zero-order valence-corrected chi connectivity index (χ0v) is 12.4. The van der Waals surface area contributed by atoms with Crippen LogP contribution in [0.25, 0.3) is 0 Å². The van der Waals surface area contributed by atoms with Crippen LogP contribution < -0.4 is 5.32 Å². The second kappa shape index (κ2) is 6.37. The van der Waals surface area contributed by atoms with Gasteiger partial charge in [-0.1, -0.05) is 40.9 Å². The van der Waals surface area contributed by atoms with Gasteiger partial charge in [0.2, 0.25) is 0 Å². The molecule has 1 aliphatic rings. The molecule has 2 rings (SSSR count). The summed E-state index contributed by atoms with van der Waals surface area (Å²) in [5, 5.41) is 3.95. The predicted molar refractivity (Wildman–Crippen MR) is 78.0 cm³/mol. The third-order valence-corrected chi connectivity index (χ3v) is 4.48. The van der Waals surface area contributed by atoms with Crippen LogP contribution in [0.4, 0.5) is 0 Å². The molecule has 0 saturated heterocycles. The van der Waals surface area contributed by atoms with Crippen LogP contribution in [0, 0.1) is 5.92 Å². The van der Waals surface area contributed by atoms with Crippen molar-refractivity contribution in [1.82, 2.24) is 5.32 Å². The van der Waals surface area contributed by atoms with Gasteiger partial charge in [-0.25, -0.2) is 0 Å². The van der Waals surface area contributed by atoms with E-state index < -0.39 is 0 Å². The van der Waals surface area contributed by atoms with Crippen LogP contribution in [0.15, 0.2) is 24.3 Å². The van der Waals surface area contributed by atoms with Crippen molar-refractivity contribution in [3.05, 3.63) is 35.4 Å². The van der Waals surface area contributed by atoms with Gasteiger partial charge in [0.1, 0.15) is 0 Å². The molecule has 3 heteroatoms. The fraction of sp³-hybridized carbons (Fsp3) is 0.533.